The molecule has 0 aliphatic carbocycles. The summed E-state index contributed by atoms with van der Waals surface area (Å²) in [5, 5.41) is 8.93. The highest BCUT2D eigenvalue weighted by Gasteiger charge is 2.35. The van der Waals surface area contributed by atoms with Gasteiger partial charge in [-0.1, -0.05) is 6.07 Å². The average molecular weight is 555 g/mol. The molecule has 0 aromatic carbocycles. The SMILES string of the molecule is NC(=O)c1sc2nc(C(F)(F)F)cc(-c3ccco3)c2c1NC(=O)c1cnn2c(-c3cccs3)ccnc12. The van der Waals surface area contributed by atoms with Crippen LogP contribution in [0.25, 0.3) is 37.8 Å². The predicted octanol–water partition coefficient (Wildman–Crippen LogP) is 5.70. The van der Waals surface area contributed by atoms with E-state index < -0.39 is 23.7 Å². The number of primary amides is 1. The summed E-state index contributed by atoms with van der Waals surface area (Å²) in [6.45, 7) is 0. The molecule has 0 aliphatic heterocycles. The monoisotopic (exact) mass is 554 g/mol. The third-order valence-electron chi connectivity index (χ3n) is 5.62. The number of anilines is 1. The van der Waals surface area contributed by atoms with Crippen LogP contribution in [-0.2, 0) is 6.18 Å². The number of nitrogens with zero attached hydrogens (tertiary/aromatic N) is 4. The maximum absolute atomic E-state index is 13.6. The minimum atomic E-state index is -4.77. The van der Waals surface area contributed by atoms with Crippen molar-refractivity contribution in [3.63, 3.8) is 0 Å². The van der Waals surface area contributed by atoms with Gasteiger partial charge < -0.3 is 15.5 Å². The van der Waals surface area contributed by atoms with Crippen LogP contribution in [0.4, 0.5) is 18.9 Å². The highest BCUT2D eigenvalue weighted by Crippen LogP contribution is 2.44. The number of rotatable bonds is 5. The molecular formula is C24H13F3N6O3S2. The summed E-state index contributed by atoms with van der Waals surface area (Å²) < 4.78 is 47.7. The smallest absolute Gasteiger partial charge is 0.433 e. The van der Waals surface area contributed by atoms with Crippen LogP contribution >= 0.6 is 22.7 Å². The summed E-state index contributed by atoms with van der Waals surface area (Å²) in [6.07, 6.45) is -0.612. The van der Waals surface area contributed by atoms with Crippen LogP contribution in [0.5, 0.6) is 0 Å². The number of hydrogen-bond acceptors (Lipinski definition) is 8. The number of thiophene rings is 2. The van der Waals surface area contributed by atoms with Crippen LogP contribution in [0.15, 0.2) is 64.9 Å². The molecule has 14 heteroatoms. The number of furan rings is 1. The number of carbonyl (C=O) groups is 2. The Balaban J connectivity index is 1.51. The van der Waals surface area contributed by atoms with E-state index in [1.807, 2.05) is 17.5 Å². The lowest BCUT2D eigenvalue weighted by Gasteiger charge is -2.11. The molecule has 0 saturated heterocycles. The Morgan fingerprint density at radius 3 is 2.68 bits per heavy atom. The first kappa shape index (κ1) is 23.8. The van der Waals surface area contributed by atoms with Crippen molar-refractivity contribution in [2.45, 2.75) is 6.18 Å². The molecule has 0 unspecified atom stereocenters. The van der Waals surface area contributed by atoms with Gasteiger partial charge in [-0.3, -0.25) is 9.59 Å². The van der Waals surface area contributed by atoms with Crippen molar-refractivity contribution in [3.05, 3.63) is 76.6 Å². The van der Waals surface area contributed by atoms with E-state index in [9.17, 15) is 22.8 Å². The van der Waals surface area contributed by atoms with Crippen LogP contribution in [0.2, 0.25) is 0 Å². The molecule has 0 saturated carbocycles. The highest BCUT2D eigenvalue weighted by molar-refractivity contribution is 7.21. The third kappa shape index (κ3) is 3.90. The number of hydrogen-bond donors (Lipinski definition) is 2. The molecule has 0 fully saturated rings. The number of fused-ring (bicyclic) bond motifs is 2. The van der Waals surface area contributed by atoms with Crippen molar-refractivity contribution in [3.8, 4) is 21.9 Å². The number of pyridine rings is 1. The van der Waals surface area contributed by atoms with E-state index in [0.29, 0.717) is 17.0 Å². The van der Waals surface area contributed by atoms with Gasteiger partial charge in [-0.25, -0.2) is 14.5 Å². The second kappa shape index (κ2) is 8.78. The van der Waals surface area contributed by atoms with Gasteiger partial charge in [0.05, 0.1) is 28.7 Å². The van der Waals surface area contributed by atoms with E-state index in [2.05, 4.69) is 20.4 Å². The zero-order valence-corrected chi connectivity index (χ0v) is 20.4. The molecule has 9 nitrogen and oxygen atoms in total. The lowest BCUT2D eigenvalue weighted by Crippen LogP contribution is -2.17. The van der Waals surface area contributed by atoms with Crippen molar-refractivity contribution < 1.29 is 27.2 Å². The van der Waals surface area contributed by atoms with Crippen LogP contribution in [0.3, 0.4) is 0 Å². The predicted molar refractivity (Wildman–Crippen MR) is 135 cm³/mol. The van der Waals surface area contributed by atoms with Crippen LogP contribution in [-0.4, -0.2) is 31.4 Å². The van der Waals surface area contributed by atoms with Crippen molar-refractivity contribution in [2.75, 3.05) is 5.32 Å². The number of halogens is 3. The Morgan fingerprint density at radius 2 is 2.00 bits per heavy atom. The molecule has 38 heavy (non-hydrogen) atoms. The van der Waals surface area contributed by atoms with E-state index in [-0.39, 0.29) is 43.3 Å². The molecule has 190 valence electrons. The fourth-order valence-corrected chi connectivity index (χ4v) is 5.75. The van der Waals surface area contributed by atoms with Crippen LogP contribution < -0.4 is 11.1 Å². The fourth-order valence-electron chi connectivity index (χ4n) is 4.01. The van der Waals surface area contributed by atoms with Gasteiger partial charge in [0.25, 0.3) is 11.8 Å². The Morgan fingerprint density at radius 1 is 1.16 bits per heavy atom. The van der Waals surface area contributed by atoms with Crippen molar-refractivity contribution in [1.82, 2.24) is 19.6 Å². The summed E-state index contributed by atoms with van der Waals surface area (Å²) in [6, 6.07) is 9.30. The molecule has 0 spiro atoms. The van der Waals surface area contributed by atoms with E-state index >= 15 is 0 Å². The summed E-state index contributed by atoms with van der Waals surface area (Å²) in [5.74, 6) is -1.55. The number of amides is 2. The second-order valence-electron chi connectivity index (χ2n) is 7.94. The maximum atomic E-state index is 13.6. The standard InChI is InChI=1S/C24H13F3N6O3S2/c25-24(26,27)16-9-11(14-3-1-7-36-14)17-18(19(20(28)34)38-23(17)31-16)32-22(35)12-10-30-33-13(5-6-29-21(12)33)15-4-2-8-37-15/h1-10H,(H2,28,34)(H,32,35). The zero-order valence-electron chi connectivity index (χ0n) is 18.8. The molecule has 2 amide bonds. The van der Waals surface area contributed by atoms with Crippen molar-refractivity contribution >= 4 is 56.0 Å². The van der Waals surface area contributed by atoms with Crippen LogP contribution in [0, 0.1) is 0 Å². The Labute approximate surface area is 218 Å². The molecule has 6 heterocycles. The Hall–Kier alpha value is -4.56. The topological polar surface area (TPSA) is 128 Å². The van der Waals surface area contributed by atoms with Gasteiger partial charge in [-0.15, -0.1) is 22.7 Å². The van der Waals surface area contributed by atoms with E-state index in [0.717, 1.165) is 10.9 Å². The summed E-state index contributed by atoms with van der Waals surface area (Å²) in [5.41, 5.74) is 5.32. The van der Waals surface area contributed by atoms with Gasteiger partial charge in [0, 0.05) is 17.1 Å². The molecule has 0 bridgehead atoms. The second-order valence-corrected chi connectivity index (χ2v) is 9.88. The quantitative estimate of drug-likeness (QED) is 0.281. The number of aromatic nitrogens is 4. The van der Waals surface area contributed by atoms with E-state index in [1.165, 1.54) is 46.6 Å². The molecular weight excluding hydrogens is 541 g/mol. The zero-order chi connectivity index (χ0) is 26.6. The lowest BCUT2D eigenvalue weighted by molar-refractivity contribution is -0.140. The maximum Gasteiger partial charge on any atom is 0.433 e. The lowest BCUT2D eigenvalue weighted by atomic mass is 10.1. The largest absolute Gasteiger partial charge is 0.464 e. The number of nitrogens with two attached hydrogens (primary N) is 1. The number of nitrogens with one attached hydrogen (secondary N) is 1. The molecule has 6 aromatic rings. The summed E-state index contributed by atoms with van der Waals surface area (Å²) in [4.78, 5) is 34.3. The molecule has 0 atom stereocenters. The number of carbonyl (C=O) groups excluding carboxylic acids is 2. The van der Waals surface area contributed by atoms with Gasteiger partial charge >= 0.3 is 6.18 Å². The highest BCUT2D eigenvalue weighted by atomic mass is 32.1. The van der Waals surface area contributed by atoms with Crippen molar-refractivity contribution in [2.24, 2.45) is 5.73 Å². The minimum absolute atomic E-state index is 0.00986. The summed E-state index contributed by atoms with van der Waals surface area (Å²) >= 11 is 2.13. The summed E-state index contributed by atoms with van der Waals surface area (Å²) in [7, 11) is 0. The third-order valence-corrected chi connectivity index (χ3v) is 7.61. The van der Waals surface area contributed by atoms with Gasteiger partial charge in [-0.2, -0.15) is 18.3 Å². The van der Waals surface area contributed by atoms with E-state index in [4.69, 9.17) is 10.2 Å². The average Bonchev–Trinajstić information content (AvgIpc) is 3.69. The molecule has 3 N–H and O–H groups in total. The Bertz CT molecular complexity index is 1840. The Kier molecular flexibility index (Phi) is 5.50. The van der Waals surface area contributed by atoms with Crippen molar-refractivity contribution in [1.29, 1.82) is 0 Å². The molecule has 0 radical (unpaired) electrons. The normalized spacial score (nSPS) is 11.9. The fraction of sp³-hybridized carbons (Fsp3) is 0.0417. The number of alkyl halides is 3. The minimum Gasteiger partial charge on any atom is -0.464 e. The first-order valence-corrected chi connectivity index (χ1v) is 12.5. The first-order chi connectivity index (χ1) is 18.2. The van der Waals surface area contributed by atoms with Gasteiger partial charge in [0.1, 0.15) is 26.7 Å². The molecule has 6 rings (SSSR count). The molecule has 6 aromatic heterocycles. The molecule has 0 aliphatic rings. The van der Waals surface area contributed by atoms with Crippen LogP contribution in [0.1, 0.15) is 25.7 Å². The van der Waals surface area contributed by atoms with Gasteiger partial charge in [0.15, 0.2) is 5.65 Å². The van der Waals surface area contributed by atoms with E-state index in [1.54, 1.807) is 6.07 Å². The van der Waals surface area contributed by atoms with Gasteiger partial charge in [-0.05, 0) is 35.7 Å². The van der Waals surface area contributed by atoms with Gasteiger partial charge in [0.2, 0.25) is 0 Å². The first-order valence-electron chi connectivity index (χ1n) is 10.8.